The average Bonchev–Trinajstić information content (AvgIpc) is 3.11. The fourth-order valence-electron chi connectivity index (χ4n) is 1.09. The summed E-state index contributed by atoms with van der Waals surface area (Å²) in [7, 11) is -4.19. The second kappa shape index (κ2) is 4.97. The molecule has 0 amide bonds. The van der Waals surface area contributed by atoms with Crippen molar-refractivity contribution in [3.8, 4) is 18.0 Å². The molecule has 20 heavy (non-hydrogen) atoms. The quantitative estimate of drug-likeness (QED) is 0.512. The predicted octanol–water partition coefficient (Wildman–Crippen LogP) is -0.314. The first kappa shape index (κ1) is 12.1. The Kier molecular flexibility index (Phi) is 3.01. The lowest BCUT2D eigenvalue weighted by molar-refractivity contribution is 0.276. The average molecular weight is 299 g/mol. The zero-order valence-electron chi connectivity index (χ0n) is 9.50. The van der Waals surface area contributed by atoms with E-state index in [1.54, 1.807) is 0 Å². The smallest absolute Gasteiger partial charge is 0.350 e. The number of rotatable bonds is 6. The molecule has 3 aromatic heterocycles. The maximum Gasteiger partial charge on any atom is 0.654 e. The fourth-order valence-corrected chi connectivity index (χ4v) is 2.10. The van der Waals surface area contributed by atoms with E-state index in [1.807, 2.05) is 0 Å². The van der Waals surface area contributed by atoms with Gasteiger partial charge in [0.1, 0.15) is 19.0 Å². The van der Waals surface area contributed by atoms with E-state index in [9.17, 15) is 4.57 Å². The Hall–Kier alpha value is -2.95. The van der Waals surface area contributed by atoms with Crippen molar-refractivity contribution < 1.29 is 18.1 Å². The van der Waals surface area contributed by atoms with Crippen LogP contribution in [0.2, 0.25) is 0 Å². The van der Waals surface area contributed by atoms with Gasteiger partial charge in [-0.3, -0.25) is 0 Å². The molecule has 3 N–H and O–H groups in total. The largest absolute Gasteiger partial charge is 0.654 e. The minimum absolute atomic E-state index is 0.174. The van der Waals surface area contributed by atoms with E-state index < -0.39 is 7.82 Å². The molecule has 0 unspecified atom stereocenters. The molecule has 0 fully saturated rings. The molecule has 13 nitrogen and oxygen atoms in total. The monoisotopic (exact) mass is 299 g/mol. The molecule has 3 aromatic rings. The SMILES string of the molecule is O=P(Oc1ncn[nH]1)(Oc1ncn[nH]1)Oc1ncn[nH]1. The number of hydrogen-bond acceptors (Lipinski definition) is 10. The van der Waals surface area contributed by atoms with Gasteiger partial charge in [0.25, 0.3) is 0 Å². The molecule has 0 spiro atoms. The van der Waals surface area contributed by atoms with E-state index in [1.165, 1.54) is 0 Å². The highest BCUT2D eigenvalue weighted by molar-refractivity contribution is 7.49. The van der Waals surface area contributed by atoms with Crippen LogP contribution in [0.5, 0.6) is 18.0 Å². The molecule has 0 aliphatic carbocycles. The van der Waals surface area contributed by atoms with E-state index in [4.69, 9.17) is 13.6 Å². The summed E-state index contributed by atoms with van der Waals surface area (Å²) in [6, 6.07) is -0.521. The van der Waals surface area contributed by atoms with Gasteiger partial charge in [-0.15, -0.1) is 0 Å². The first-order valence-electron chi connectivity index (χ1n) is 4.98. The van der Waals surface area contributed by atoms with Crippen molar-refractivity contribution in [2.45, 2.75) is 0 Å². The minimum atomic E-state index is -4.19. The van der Waals surface area contributed by atoms with Crippen molar-refractivity contribution in [3.63, 3.8) is 0 Å². The zero-order valence-corrected chi connectivity index (χ0v) is 10.4. The van der Waals surface area contributed by atoms with Crippen LogP contribution in [0.3, 0.4) is 0 Å². The second-order valence-electron chi connectivity index (χ2n) is 3.09. The van der Waals surface area contributed by atoms with Crippen LogP contribution in [0.25, 0.3) is 0 Å². The van der Waals surface area contributed by atoms with Crippen LogP contribution in [-0.4, -0.2) is 45.5 Å². The van der Waals surface area contributed by atoms with Crippen molar-refractivity contribution in [3.05, 3.63) is 19.0 Å². The molecule has 0 bridgehead atoms. The number of hydrogen-bond donors (Lipinski definition) is 3. The highest BCUT2D eigenvalue weighted by Gasteiger charge is 2.36. The second-order valence-corrected chi connectivity index (χ2v) is 4.54. The van der Waals surface area contributed by atoms with Gasteiger partial charge >= 0.3 is 25.9 Å². The van der Waals surface area contributed by atoms with Gasteiger partial charge in [0, 0.05) is 0 Å². The summed E-state index contributed by atoms with van der Waals surface area (Å²) in [6.07, 6.45) is 3.47. The van der Waals surface area contributed by atoms with Gasteiger partial charge in [0.2, 0.25) is 0 Å². The van der Waals surface area contributed by atoms with Gasteiger partial charge in [-0.05, 0) is 0 Å². The summed E-state index contributed by atoms with van der Waals surface area (Å²) < 4.78 is 27.5. The van der Waals surface area contributed by atoms with Gasteiger partial charge in [-0.1, -0.05) is 0 Å². The minimum Gasteiger partial charge on any atom is -0.350 e. The topological polar surface area (TPSA) is 169 Å². The Morgan fingerprint density at radius 3 is 1.35 bits per heavy atom. The van der Waals surface area contributed by atoms with E-state index in [0.29, 0.717) is 0 Å². The van der Waals surface area contributed by atoms with Crippen LogP contribution in [0.1, 0.15) is 0 Å². The highest BCUT2D eigenvalue weighted by Crippen LogP contribution is 2.46. The van der Waals surface area contributed by atoms with Crippen LogP contribution in [0.15, 0.2) is 19.0 Å². The molecule has 0 radical (unpaired) electrons. The number of H-pyrrole nitrogens is 3. The van der Waals surface area contributed by atoms with Crippen LogP contribution in [-0.2, 0) is 4.57 Å². The molecule has 0 aliphatic rings. The number of phosphoric ester groups is 1. The molecule has 14 heteroatoms. The molecule has 104 valence electrons. The summed E-state index contributed by atoms with van der Waals surface area (Å²) in [5, 5.41) is 17.6. The number of aromatic nitrogens is 9. The van der Waals surface area contributed by atoms with Gasteiger partial charge in [-0.2, -0.15) is 34.8 Å². The van der Waals surface area contributed by atoms with Crippen LogP contribution >= 0.6 is 7.82 Å². The number of nitrogens with one attached hydrogen (secondary N) is 3. The van der Waals surface area contributed by atoms with Gasteiger partial charge in [0.15, 0.2) is 0 Å². The Bertz CT molecular complexity index is 585. The Balaban J connectivity index is 1.83. The number of nitrogens with zero attached hydrogens (tertiary/aromatic N) is 6. The van der Waals surface area contributed by atoms with Crippen LogP contribution in [0.4, 0.5) is 0 Å². The Labute approximate surface area is 109 Å². The lowest BCUT2D eigenvalue weighted by Gasteiger charge is -2.13. The van der Waals surface area contributed by atoms with Gasteiger partial charge in [-0.25, -0.2) is 15.3 Å². The van der Waals surface area contributed by atoms with Crippen molar-refractivity contribution in [2.24, 2.45) is 0 Å². The first-order chi connectivity index (χ1) is 9.73. The summed E-state index contributed by atoms with van der Waals surface area (Å²) in [5.41, 5.74) is 0. The van der Waals surface area contributed by atoms with E-state index in [-0.39, 0.29) is 18.0 Å². The van der Waals surface area contributed by atoms with Gasteiger partial charge < -0.3 is 13.6 Å². The highest BCUT2D eigenvalue weighted by atomic mass is 31.2. The van der Waals surface area contributed by atoms with Crippen LogP contribution in [0, 0.1) is 0 Å². The van der Waals surface area contributed by atoms with Crippen molar-refractivity contribution in [1.29, 1.82) is 0 Å². The van der Waals surface area contributed by atoms with Crippen molar-refractivity contribution >= 4 is 7.82 Å². The molecular formula is C6H6N9O4P. The maximum atomic E-state index is 12.5. The number of phosphoric acid groups is 1. The fraction of sp³-hybridized carbons (Fsp3) is 0. The standard InChI is InChI=1S/C6H6N9O4P/c16-20(17-4-7-1-10-13-4,18-5-8-2-11-14-5)19-6-9-3-12-15-6/h1-3H,(H,7,10,13)(H,8,11,14)(H,9,12,15). The summed E-state index contributed by atoms with van der Waals surface area (Å²) in [6.45, 7) is 0. The third-order valence-corrected chi connectivity index (χ3v) is 2.96. The van der Waals surface area contributed by atoms with Crippen LogP contribution < -0.4 is 13.6 Å². The normalized spacial score (nSPS) is 11.2. The van der Waals surface area contributed by atoms with E-state index >= 15 is 0 Å². The lowest BCUT2D eigenvalue weighted by Crippen LogP contribution is -2.09. The van der Waals surface area contributed by atoms with Crippen molar-refractivity contribution in [1.82, 2.24) is 45.5 Å². The molecule has 0 aromatic carbocycles. The molecular weight excluding hydrogens is 293 g/mol. The summed E-state index contributed by atoms with van der Waals surface area (Å²) >= 11 is 0. The zero-order chi connectivity index (χ0) is 13.8. The lowest BCUT2D eigenvalue weighted by atomic mass is 11.2. The molecule has 0 aliphatic heterocycles. The molecule has 0 atom stereocenters. The predicted molar refractivity (Wildman–Crippen MR) is 58.6 cm³/mol. The molecule has 3 heterocycles. The van der Waals surface area contributed by atoms with Crippen molar-refractivity contribution in [2.75, 3.05) is 0 Å². The molecule has 0 saturated heterocycles. The third kappa shape index (κ3) is 2.72. The maximum absolute atomic E-state index is 12.5. The summed E-state index contributed by atoms with van der Waals surface area (Å²) in [4.78, 5) is 10.9. The van der Waals surface area contributed by atoms with Gasteiger partial charge in [0.05, 0.1) is 0 Å². The third-order valence-electron chi connectivity index (χ3n) is 1.77. The Morgan fingerprint density at radius 2 is 1.10 bits per heavy atom. The molecule has 0 saturated carbocycles. The Morgan fingerprint density at radius 1 is 0.750 bits per heavy atom. The number of aromatic amines is 3. The summed E-state index contributed by atoms with van der Waals surface area (Å²) in [5.74, 6) is 0. The van der Waals surface area contributed by atoms with E-state index in [2.05, 4.69) is 45.5 Å². The molecule has 3 rings (SSSR count). The van der Waals surface area contributed by atoms with E-state index in [0.717, 1.165) is 19.0 Å². The first-order valence-corrected chi connectivity index (χ1v) is 6.44.